The topological polar surface area (TPSA) is 99.6 Å². The average molecular weight is 307 g/mol. The van der Waals surface area contributed by atoms with Crippen LogP contribution >= 0.6 is 0 Å². The van der Waals surface area contributed by atoms with Crippen molar-refractivity contribution in [1.29, 1.82) is 0 Å². The molecule has 2 fully saturated rings. The lowest BCUT2D eigenvalue weighted by molar-refractivity contribution is -0.108. The quantitative estimate of drug-likeness (QED) is 0.638. The minimum Gasteiger partial charge on any atom is -0.393 e. The number of carbonyl (C=O) groups is 1. The number of rotatable bonds is 5. The summed E-state index contributed by atoms with van der Waals surface area (Å²) in [5.74, 6) is -0.254. The highest BCUT2D eigenvalue weighted by Gasteiger charge is 2.30. The molecule has 0 aromatic carbocycles. The van der Waals surface area contributed by atoms with Crippen LogP contribution in [0.2, 0.25) is 0 Å². The van der Waals surface area contributed by atoms with E-state index in [4.69, 9.17) is 4.74 Å². The van der Waals surface area contributed by atoms with Crippen LogP contribution in [0.4, 0.5) is 0 Å². The molecule has 1 aromatic rings. The van der Waals surface area contributed by atoms with Gasteiger partial charge in [-0.25, -0.2) is 15.4 Å². The molecule has 0 atom stereocenters. The molecule has 1 saturated carbocycles. The van der Waals surface area contributed by atoms with Crippen molar-refractivity contribution in [2.75, 3.05) is 13.2 Å². The van der Waals surface area contributed by atoms with Gasteiger partial charge in [-0.15, -0.1) is 5.12 Å². The molecule has 0 spiro atoms. The smallest absolute Gasteiger partial charge is 0.269 e. The molecule has 3 N–H and O–H groups in total. The Labute approximate surface area is 128 Å². The first kappa shape index (κ1) is 15.3. The lowest BCUT2D eigenvalue weighted by atomic mass is 9.94. The molecule has 2 heterocycles. The molecule has 120 valence electrons. The van der Waals surface area contributed by atoms with Crippen LogP contribution in [0.1, 0.15) is 36.0 Å². The van der Waals surface area contributed by atoms with E-state index in [0.717, 1.165) is 25.7 Å². The van der Waals surface area contributed by atoms with E-state index in [1.807, 2.05) is 0 Å². The summed E-state index contributed by atoms with van der Waals surface area (Å²) in [7, 11) is 0. The lowest BCUT2D eigenvalue weighted by Gasteiger charge is -2.40. The Morgan fingerprint density at radius 3 is 2.50 bits per heavy atom. The summed E-state index contributed by atoms with van der Waals surface area (Å²) in [6.45, 7) is 1.15. The molecule has 1 aromatic heterocycles. The minimum atomic E-state index is -0.254. The number of hydrogen-bond donors (Lipinski definition) is 3. The Morgan fingerprint density at radius 2 is 1.91 bits per heavy atom. The van der Waals surface area contributed by atoms with Gasteiger partial charge in [0, 0.05) is 18.4 Å². The highest BCUT2D eigenvalue weighted by Crippen LogP contribution is 2.19. The maximum Gasteiger partial charge on any atom is 0.269 e. The fourth-order valence-electron chi connectivity index (χ4n) is 2.59. The van der Waals surface area contributed by atoms with Crippen LogP contribution < -0.4 is 10.9 Å². The summed E-state index contributed by atoms with van der Waals surface area (Å²) < 4.78 is 5.21. The molecule has 8 nitrogen and oxygen atoms in total. The largest absolute Gasteiger partial charge is 0.393 e. The highest BCUT2D eigenvalue weighted by atomic mass is 16.5. The van der Waals surface area contributed by atoms with Crippen LogP contribution in [0.3, 0.4) is 0 Å². The van der Waals surface area contributed by atoms with Gasteiger partial charge in [0.25, 0.3) is 5.91 Å². The van der Waals surface area contributed by atoms with Crippen LogP contribution in [0, 0.1) is 0 Å². The van der Waals surface area contributed by atoms with Crippen molar-refractivity contribution in [1.82, 2.24) is 25.9 Å². The van der Waals surface area contributed by atoms with Gasteiger partial charge in [0.2, 0.25) is 0 Å². The highest BCUT2D eigenvalue weighted by molar-refractivity contribution is 5.93. The molecule has 0 unspecified atom stereocenters. The third kappa shape index (κ3) is 3.77. The van der Waals surface area contributed by atoms with E-state index in [9.17, 15) is 9.90 Å². The molecule has 2 aliphatic rings. The van der Waals surface area contributed by atoms with Crippen molar-refractivity contribution in [2.24, 2.45) is 0 Å². The van der Waals surface area contributed by atoms with E-state index in [2.05, 4.69) is 20.8 Å². The van der Waals surface area contributed by atoms with Gasteiger partial charge in [-0.3, -0.25) is 10.2 Å². The van der Waals surface area contributed by atoms with Crippen molar-refractivity contribution < 1.29 is 14.6 Å². The van der Waals surface area contributed by atoms with Crippen LogP contribution in [0.15, 0.2) is 18.7 Å². The molecule has 22 heavy (non-hydrogen) atoms. The Hall–Kier alpha value is -1.61. The molecule has 1 aliphatic carbocycles. The Balaban J connectivity index is 1.59. The number of hydrazine groups is 2. The number of carbonyl (C=O) groups excluding carboxylic acids is 1. The van der Waals surface area contributed by atoms with Crippen LogP contribution in [-0.2, 0) is 4.74 Å². The zero-order valence-corrected chi connectivity index (χ0v) is 12.3. The molecule has 1 amide bonds. The number of ether oxygens (including phenoxy) is 1. The average Bonchev–Trinajstić information content (AvgIpc) is 2.48. The Kier molecular flexibility index (Phi) is 4.94. The van der Waals surface area contributed by atoms with Gasteiger partial charge < -0.3 is 9.84 Å². The molecule has 0 bridgehead atoms. The molecular formula is C14H21N5O3. The van der Waals surface area contributed by atoms with Gasteiger partial charge in [0.1, 0.15) is 6.33 Å². The Bertz CT molecular complexity index is 489. The Morgan fingerprint density at radius 1 is 1.23 bits per heavy atom. The summed E-state index contributed by atoms with van der Waals surface area (Å²) in [4.78, 5) is 19.9. The third-order valence-corrected chi connectivity index (χ3v) is 4.05. The van der Waals surface area contributed by atoms with E-state index >= 15 is 0 Å². The van der Waals surface area contributed by atoms with Crippen LogP contribution in [-0.4, -0.2) is 57.5 Å². The van der Waals surface area contributed by atoms with E-state index in [1.54, 1.807) is 5.12 Å². The summed E-state index contributed by atoms with van der Waals surface area (Å²) >= 11 is 0. The standard InChI is InChI=1S/C14H21N5O3/c20-13-3-1-11(2-4-13)17-19(12-7-22-8-12)18-14(21)10-5-15-9-16-6-10/h5-6,9,11-13,17,20H,1-4,7-8H2,(H,18,21). The molecule has 8 heteroatoms. The number of nitrogens with zero attached hydrogens (tertiary/aromatic N) is 3. The molecule has 1 aliphatic heterocycles. The fraction of sp³-hybridized carbons (Fsp3) is 0.643. The lowest BCUT2D eigenvalue weighted by Crippen LogP contribution is -2.64. The summed E-state index contributed by atoms with van der Waals surface area (Å²) in [6.07, 6.45) is 7.49. The minimum absolute atomic E-state index is 0.112. The van der Waals surface area contributed by atoms with Gasteiger partial charge in [-0.05, 0) is 25.7 Å². The van der Waals surface area contributed by atoms with Gasteiger partial charge in [-0.2, -0.15) is 0 Å². The van der Waals surface area contributed by atoms with Crippen LogP contribution in [0.25, 0.3) is 0 Å². The maximum atomic E-state index is 12.2. The van der Waals surface area contributed by atoms with Gasteiger partial charge >= 0.3 is 0 Å². The second kappa shape index (κ2) is 7.10. The maximum absolute atomic E-state index is 12.2. The molecule has 3 rings (SSSR count). The molecule has 1 saturated heterocycles. The van der Waals surface area contributed by atoms with Gasteiger partial charge in [0.15, 0.2) is 0 Å². The predicted octanol–water partition coefficient (Wildman–Crippen LogP) is -0.370. The van der Waals surface area contributed by atoms with Crippen LogP contribution in [0.5, 0.6) is 0 Å². The summed E-state index contributed by atoms with van der Waals surface area (Å²) in [5.41, 5.74) is 6.61. The van der Waals surface area contributed by atoms with Crippen molar-refractivity contribution in [3.63, 3.8) is 0 Å². The monoisotopic (exact) mass is 307 g/mol. The zero-order chi connectivity index (χ0) is 15.4. The van der Waals surface area contributed by atoms with E-state index in [1.165, 1.54) is 18.7 Å². The summed E-state index contributed by atoms with van der Waals surface area (Å²) in [5, 5.41) is 11.3. The second-order valence-electron chi connectivity index (χ2n) is 5.76. The number of amides is 1. The number of nitrogens with one attached hydrogen (secondary N) is 2. The molecule has 0 radical (unpaired) electrons. The first-order chi connectivity index (χ1) is 10.7. The van der Waals surface area contributed by atoms with Gasteiger partial charge in [0.05, 0.1) is 30.9 Å². The number of aromatic nitrogens is 2. The SMILES string of the molecule is O=C(NN(NC1CCC(O)CC1)C1COC1)c1cncnc1. The predicted molar refractivity (Wildman–Crippen MR) is 77.3 cm³/mol. The van der Waals surface area contributed by atoms with Crippen molar-refractivity contribution in [2.45, 2.75) is 43.9 Å². The van der Waals surface area contributed by atoms with Crippen molar-refractivity contribution in [3.8, 4) is 0 Å². The van der Waals surface area contributed by atoms with E-state index < -0.39 is 0 Å². The van der Waals surface area contributed by atoms with E-state index in [0.29, 0.717) is 18.8 Å². The third-order valence-electron chi connectivity index (χ3n) is 4.05. The van der Waals surface area contributed by atoms with Gasteiger partial charge in [-0.1, -0.05) is 0 Å². The normalized spacial score (nSPS) is 25.7. The molecular weight excluding hydrogens is 286 g/mol. The van der Waals surface area contributed by atoms with E-state index in [-0.39, 0.29) is 24.1 Å². The number of aliphatic hydroxyl groups is 1. The van der Waals surface area contributed by atoms with Crippen molar-refractivity contribution in [3.05, 3.63) is 24.3 Å². The first-order valence-electron chi connectivity index (χ1n) is 7.59. The van der Waals surface area contributed by atoms with Crippen molar-refractivity contribution >= 4 is 5.91 Å². The number of aliphatic hydroxyl groups excluding tert-OH is 1. The first-order valence-corrected chi connectivity index (χ1v) is 7.59. The summed E-state index contributed by atoms with van der Waals surface area (Å²) in [6, 6.07) is 0.358. The number of hydrogen-bond acceptors (Lipinski definition) is 7. The fourth-order valence-corrected chi connectivity index (χ4v) is 2.59. The second-order valence-corrected chi connectivity index (χ2v) is 5.76. The zero-order valence-electron chi connectivity index (χ0n) is 12.3.